The number of hydrogen-bond acceptors (Lipinski definition) is 4. The fourth-order valence-corrected chi connectivity index (χ4v) is 3.66. The van der Waals surface area contributed by atoms with Crippen molar-refractivity contribution in [1.29, 1.82) is 0 Å². The Kier molecular flexibility index (Phi) is 5.75. The minimum Gasteiger partial charge on any atom is -0.324 e. The molecule has 0 spiro atoms. The first-order valence-corrected chi connectivity index (χ1v) is 9.27. The first-order chi connectivity index (χ1) is 11.5. The third-order valence-electron chi connectivity index (χ3n) is 4.08. The van der Waals surface area contributed by atoms with E-state index in [9.17, 15) is 26.4 Å². The summed E-state index contributed by atoms with van der Waals surface area (Å²) < 4.78 is 61.5. The van der Waals surface area contributed by atoms with Crippen LogP contribution in [0.4, 0.5) is 18.9 Å². The lowest BCUT2D eigenvalue weighted by molar-refractivity contribution is -0.122. The Bertz CT molecular complexity index is 712. The molecule has 1 aromatic carbocycles. The molecule has 0 atom stereocenters. The third-order valence-corrected chi connectivity index (χ3v) is 5.50. The van der Waals surface area contributed by atoms with Gasteiger partial charge in [-0.2, -0.15) is 13.2 Å². The van der Waals surface area contributed by atoms with Gasteiger partial charge in [-0.3, -0.25) is 4.79 Å². The SMILES string of the molecule is NC1(C(=O)Nc2ccc(S(=O)(=O)NCC(F)(F)F)cc2)CCCCC1. The normalized spacial score (nSPS) is 17.9. The van der Waals surface area contributed by atoms with Crippen molar-refractivity contribution in [3.8, 4) is 0 Å². The van der Waals surface area contributed by atoms with Crippen LogP contribution in [0.3, 0.4) is 0 Å². The Hall–Kier alpha value is -1.65. The molecule has 140 valence electrons. The van der Waals surface area contributed by atoms with Crippen LogP contribution in [0.1, 0.15) is 32.1 Å². The van der Waals surface area contributed by atoms with Crippen molar-refractivity contribution >= 4 is 21.6 Å². The molecule has 6 nitrogen and oxygen atoms in total. The molecule has 0 unspecified atom stereocenters. The highest BCUT2D eigenvalue weighted by atomic mass is 32.2. The van der Waals surface area contributed by atoms with E-state index in [-0.39, 0.29) is 10.8 Å². The molecule has 0 bridgehead atoms. The van der Waals surface area contributed by atoms with Gasteiger partial charge in [-0.05, 0) is 37.1 Å². The molecular weight excluding hydrogens is 359 g/mol. The highest BCUT2D eigenvalue weighted by Crippen LogP contribution is 2.27. The number of carbonyl (C=O) groups excluding carboxylic acids is 1. The summed E-state index contributed by atoms with van der Waals surface area (Å²) in [5.74, 6) is -0.349. The van der Waals surface area contributed by atoms with Gasteiger partial charge in [0.2, 0.25) is 15.9 Å². The Morgan fingerprint density at radius 2 is 1.68 bits per heavy atom. The summed E-state index contributed by atoms with van der Waals surface area (Å²) in [6.45, 7) is -1.65. The number of nitrogens with two attached hydrogens (primary N) is 1. The van der Waals surface area contributed by atoms with E-state index in [1.54, 1.807) is 0 Å². The summed E-state index contributed by atoms with van der Waals surface area (Å²) in [6.07, 6.45) is -0.725. The van der Waals surface area contributed by atoms with Crippen molar-refractivity contribution in [2.75, 3.05) is 11.9 Å². The molecule has 1 amide bonds. The molecule has 1 aromatic rings. The van der Waals surface area contributed by atoms with E-state index in [0.29, 0.717) is 18.5 Å². The monoisotopic (exact) mass is 379 g/mol. The van der Waals surface area contributed by atoms with Gasteiger partial charge >= 0.3 is 6.18 Å². The van der Waals surface area contributed by atoms with Gasteiger partial charge in [0.15, 0.2) is 0 Å². The van der Waals surface area contributed by atoms with E-state index in [1.165, 1.54) is 16.9 Å². The summed E-state index contributed by atoms with van der Waals surface area (Å²) in [4.78, 5) is 12.0. The molecule has 0 saturated heterocycles. The summed E-state index contributed by atoms with van der Waals surface area (Å²) >= 11 is 0. The number of amides is 1. The highest BCUT2D eigenvalue weighted by molar-refractivity contribution is 7.89. The van der Waals surface area contributed by atoms with Crippen LogP contribution in [0.25, 0.3) is 0 Å². The van der Waals surface area contributed by atoms with E-state index in [0.717, 1.165) is 31.4 Å². The second kappa shape index (κ2) is 7.30. The van der Waals surface area contributed by atoms with Gasteiger partial charge in [-0.1, -0.05) is 19.3 Å². The van der Waals surface area contributed by atoms with Crippen molar-refractivity contribution in [1.82, 2.24) is 4.72 Å². The van der Waals surface area contributed by atoms with Gasteiger partial charge in [-0.25, -0.2) is 13.1 Å². The number of alkyl halides is 3. The molecular formula is C15H20F3N3O3S. The number of rotatable bonds is 5. The standard InChI is InChI=1S/C15H20F3N3O3S/c16-15(17,18)10-20-25(23,24)12-6-4-11(5-7-12)21-13(22)14(19)8-2-1-3-9-14/h4-7,20H,1-3,8-10,19H2,(H,21,22). The Morgan fingerprint density at radius 1 is 1.12 bits per heavy atom. The lowest BCUT2D eigenvalue weighted by Gasteiger charge is -2.31. The predicted molar refractivity (Wildman–Crippen MR) is 86.3 cm³/mol. The number of nitrogens with one attached hydrogen (secondary N) is 2. The maximum atomic E-state index is 12.3. The summed E-state index contributed by atoms with van der Waals surface area (Å²) in [5, 5.41) is 2.63. The summed E-state index contributed by atoms with van der Waals surface area (Å²) in [5.41, 5.74) is 5.49. The van der Waals surface area contributed by atoms with E-state index in [1.807, 2.05) is 0 Å². The first kappa shape index (κ1) is 19.7. The van der Waals surface area contributed by atoms with Gasteiger partial charge in [0, 0.05) is 5.69 Å². The highest BCUT2D eigenvalue weighted by Gasteiger charge is 2.35. The number of anilines is 1. The Morgan fingerprint density at radius 3 is 2.20 bits per heavy atom. The van der Waals surface area contributed by atoms with Crippen LogP contribution in [-0.2, 0) is 14.8 Å². The first-order valence-electron chi connectivity index (χ1n) is 7.79. The number of halogens is 3. The van der Waals surface area contributed by atoms with Crippen LogP contribution < -0.4 is 15.8 Å². The number of benzene rings is 1. The summed E-state index contributed by atoms with van der Waals surface area (Å²) in [6, 6.07) is 4.87. The second-order valence-electron chi connectivity index (χ2n) is 6.14. The lowest BCUT2D eigenvalue weighted by atomic mass is 9.82. The Labute approximate surface area is 144 Å². The van der Waals surface area contributed by atoms with Crippen molar-refractivity contribution in [3.05, 3.63) is 24.3 Å². The molecule has 0 heterocycles. The second-order valence-corrected chi connectivity index (χ2v) is 7.90. The van der Waals surface area contributed by atoms with Crippen molar-refractivity contribution in [2.24, 2.45) is 5.73 Å². The van der Waals surface area contributed by atoms with E-state index in [4.69, 9.17) is 5.73 Å². The molecule has 10 heteroatoms. The largest absolute Gasteiger partial charge is 0.402 e. The molecule has 4 N–H and O–H groups in total. The maximum Gasteiger partial charge on any atom is 0.402 e. The minimum absolute atomic E-state index is 0.324. The van der Waals surface area contributed by atoms with Crippen LogP contribution in [-0.4, -0.2) is 32.6 Å². The van der Waals surface area contributed by atoms with Gasteiger partial charge in [0.05, 0.1) is 10.4 Å². The van der Waals surface area contributed by atoms with Gasteiger partial charge < -0.3 is 11.1 Å². The zero-order chi connectivity index (χ0) is 18.7. The lowest BCUT2D eigenvalue weighted by Crippen LogP contribution is -2.52. The van der Waals surface area contributed by atoms with Crippen LogP contribution in [0, 0.1) is 0 Å². The fourth-order valence-electron chi connectivity index (χ4n) is 2.64. The predicted octanol–water partition coefficient (Wildman–Crippen LogP) is 2.13. The number of carbonyl (C=O) groups is 1. The Balaban J connectivity index is 2.03. The van der Waals surface area contributed by atoms with E-state index in [2.05, 4.69) is 5.32 Å². The summed E-state index contributed by atoms with van der Waals surface area (Å²) in [7, 11) is -4.28. The average molecular weight is 379 g/mol. The average Bonchev–Trinajstić information content (AvgIpc) is 2.54. The van der Waals surface area contributed by atoms with Crippen molar-refractivity contribution < 1.29 is 26.4 Å². The molecule has 0 aliphatic heterocycles. The van der Waals surface area contributed by atoms with E-state index >= 15 is 0 Å². The molecule has 2 rings (SSSR count). The number of sulfonamides is 1. The molecule has 1 aliphatic rings. The van der Waals surface area contributed by atoms with Crippen molar-refractivity contribution in [2.45, 2.75) is 48.7 Å². The molecule has 0 aromatic heterocycles. The van der Waals surface area contributed by atoms with Crippen LogP contribution in [0.2, 0.25) is 0 Å². The van der Waals surface area contributed by atoms with Crippen LogP contribution >= 0.6 is 0 Å². The van der Waals surface area contributed by atoms with Gasteiger partial charge in [0.1, 0.15) is 6.54 Å². The molecule has 1 saturated carbocycles. The van der Waals surface area contributed by atoms with Crippen LogP contribution in [0.5, 0.6) is 0 Å². The van der Waals surface area contributed by atoms with E-state index < -0.39 is 28.3 Å². The third kappa shape index (κ3) is 5.41. The smallest absolute Gasteiger partial charge is 0.324 e. The molecule has 25 heavy (non-hydrogen) atoms. The van der Waals surface area contributed by atoms with Crippen molar-refractivity contribution in [3.63, 3.8) is 0 Å². The maximum absolute atomic E-state index is 12.3. The molecule has 1 aliphatic carbocycles. The van der Waals surface area contributed by atoms with Gasteiger partial charge in [-0.15, -0.1) is 0 Å². The quantitative estimate of drug-likeness (QED) is 0.729. The minimum atomic E-state index is -4.64. The molecule has 0 radical (unpaired) electrons. The molecule has 1 fully saturated rings. The topological polar surface area (TPSA) is 101 Å². The zero-order valence-corrected chi connectivity index (χ0v) is 14.2. The van der Waals surface area contributed by atoms with Gasteiger partial charge in [0.25, 0.3) is 0 Å². The zero-order valence-electron chi connectivity index (χ0n) is 13.4. The van der Waals surface area contributed by atoms with Crippen LogP contribution in [0.15, 0.2) is 29.2 Å². The fraction of sp³-hybridized carbons (Fsp3) is 0.533. The number of hydrogen-bond donors (Lipinski definition) is 3.